The lowest BCUT2D eigenvalue weighted by molar-refractivity contribution is 0.249. The number of amides is 2. The summed E-state index contributed by atoms with van der Waals surface area (Å²) in [5.74, 6) is 0.686. The molecule has 1 atom stereocenters. The molecule has 8 heteroatoms. The first-order chi connectivity index (χ1) is 15.8. The Morgan fingerprint density at radius 3 is 2.39 bits per heavy atom. The quantitative estimate of drug-likeness (QED) is 0.487. The van der Waals surface area contributed by atoms with Crippen molar-refractivity contribution < 1.29 is 17.9 Å². The summed E-state index contributed by atoms with van der Waals surface area (Å²) in [7, 11) is -1.89. The molecular formula is C25H27N3O4S. The predicted octanol–water partition coefficient (Wildman–Crippen LogP) is 4.16. The van der Waals surface area contributed by atoms with Crippen LogP contribution in [0.25, 0.3) is 0 Å². The summed E-state index contributed by atoms with van der Waals surface area (Å²) in [5, 5.41) is 8.87. The standard InChI is InChI=1S/C25H27N3O4S/c1-17(19-5-9-23(32-2)10-6-19)27-25(29)28-22-7-11-24(12-8-22)33(30,31)16-18-3-4-20-14-26-15-21(20)13-18/h3-13,17,26H,14-16H2,1-2H3,(H2,27,28,29). The maximum atomic E-state index is 12.9. The number of urea groups is 1. The first-order valence-corrected chi connectivity index (χ1v) is 12.3. The lowest BCUT2D eigenvalue weighted by Gasteiger charge is -2.15. The molecule has 0 saturated heterocycles. The highest BCUT2D eigenvalue weighted by molar-refractivity contribution is 7.90. The summed E-state index contributed by atoms with van der Waals surface area (Å²) < 4.78 is 30.9. The second-order valence-corrected chi connectivity index (χ2v) is 10.1. The van der Waals surface area contributed by atoms with E-state index in [1.807, 2.05) is 49.4 Å². The molecule has 1 aliphatic rings. The number of hydrogen-bond donors (Lipinski definition) is 3. The van der Waals surface area contributed by atoms with Crippen molar-refractivity contribution in [3.63, 3.8) is 0 Å². The summed E-state index contributed by atoms with van der Waals surface area (Å²) in [4.78, 5) is 12.6. The maximum Gasteiger partial charge on any atom is 0.319 e. The number of carbonyl (C=O) groups is 1. The zero-order valence-corrected chi connectivity index (χ0v) is 19.4. The normalized spacial score (nSPS) is 13.8. The van der Waals surface area contributed by atoms with Crippen LogP contribution in [0.5, 0.6) is 5.75 Å². The number of carbonyl (C=O) groups excluding carboxylic acids is 1. The van der Waals surface area contributed by atoms with E-state index in [4.69, 9.17) is 4.74 Å². The fourth-order valence-electron chi connectivity index (χ4n) is 3.83. The van der Waals surface area contributed by atoms with Crippen LogP contribution in [0.15, 0.2) is 71.6 Å². The van der Waals surface area contributed by atoms with Crippen molar-refractivity contribution in [3.8, 4) is 5.75 Å². The Morgan fingerprint density at radius 2 is 1.70 bits per heavy atom. The van der Waals surface area contributed by atoms with Crippen molar-refractivity contribution in [1.82, 2.24) is 10.6 Å². The van der Waals surface area contributed by atoms with Crippen molar-refractivity contribution in [1.29, 1.82) is 0 Å². The molecule has 2 amide bonds. The number of benzene rings is 3. The minimum absolute atomic E-state index is 0.0626. The van der Waals surface area contributed by atoms with E-state index in [9.17, 15) is 13.2 Å². The van der Waals surface area contributed by atoms with E-state index in [-0.39, 0.29) is 22.7 Å². The third-order valence-corrected chi connectivity index (χ3v) is 7.40. The van der Waals surface area contributed by atoms with Gasteiger partial charge in [0, 0.05) is 18.8 Å². The number of rotatable bonds is 7. The van der Waals surface area contributed by atoms with Crippen LogP contribution in [0.2, 0.25) is 0 Å². The molecule has 0 radical (unpaired) electrons. The highest BCUT2D eigenvalue weighted by Crippen LogP contribution is 2.23. The minimum atomic E-state index is -3.50. The Kier molecular flexibility index (Phi) is 6.67. The van der Waals surface area contributed by atoms with Crippen LogP contribution in [0.3, 0.4) is 0 Å². The number of anilines is 1. The largest absolute Gasteiger partial charge is 0.497 e. The SMILES string of the molecule is COc1ccc(C(C)NC(=O)Nc2ccc(S(=O)(=O)Cc3ccc4c(c3)CNC4)cc2)cc1. The lowest BCUT2D eigenvalue weighted by atomic mass is 10.1. The van der Waals surface area contributed by atoms with Crippen molar-refractivity contribution in [2.24, 2.45) is 0 Å². The third-order valence-electron chi connectivity index (χ3n) is 5.69. The summed E-state index contributed by atoms with van der Waals surface area (Å²) in [6.45, 7) is 3.47. The number of ether oxygens (including phenoxy) is 1. The van der Waals surface area contributed by atoms with Gasteiger partial charge in [0.05, 0.1) is 23.8 Å². The van der Waals surface area contributed by atoms with Crippen LogP contribution in [-0.4, -0.2) is 21.6 Å². The summed E-state index contributed by atoms with van der Waals surface area (Å²) in [5.41, 5.74) is 4.58. The van der Waals surface area contributed by atoms with E-state index < -0.39 is 9.84 Å². The fourth-order valence-corrected chi connectivity index (χ4v) is 5.16. The van der Waals surface area contributed by atoms with Crippen LogP contribution in [-0.2, 0) is 28.7 Å². The highest BCUT2D eigenvalue weighted by Gasteiger charge is 2.18. The van der Waals surface area contributed by atoms with Crippen LogP contribution in [0, 0.1) is 0 Å². The second kappa shape index (κ2) is 9.64. The van der Waals surface area contributed by atoms with Gasteiger partial charge < -0.3 is 20.7 Å². The molecule has 4 rings (SSSR count). The van der Waals surface area contributed by atoms with Gasteiger partial charge in [-0.2, -0.15) is 0 Å². The average molecular weight is 466 g/mol. The molecule has 0 aliphatic carbocycles. The van der Waals surface area contributed by atoms with Gasteiger partial charge in [-0.3, -0.25) is 0 Å². The van der Waals surface area contributed by atoms with Crippen molar-refractivity contribution >= 4 is 21.6 Å². The fraction of sp³-hybridized carbons (Fsp3) is 0.240. The van der Waals surface area contributed by atoms with Gasteiger partial charge in [0.15, 0.2) is 9.84 Å². The third kappa shape index (κ3) is 5.53. The predicted molar refractivity (Wildman–Crippen MR) is 128 cm³/mol. The first kappa shape index (κ1) is 22.8. The molecule has 0 aromatic heterocycles. The van der Waals surface area contributed by atoms with Crippen molar-refractivity contribution in [2.75, 3.05) is 12.4 Å². The Hall–Kier alpha value is -3.36. The summed E-state index contributed by atoms with van der Waals surface area (Å²) in [6.07, 6.45) is 0. The summed E-state index contributed by atoms with van der Waals surface area (Å²) in [6, 6.07) is 18.9. The van der Waals surface area contributed by atoms with Gasteiger partial charge >= 0.3 is 6.03 Å². The van der Waals surface area contributed by atoms with Crippen LogP contribution in [0.1, 0.15) is 35.2 Å². The molecule has 0 saturated carbocycles. The molecule has 3 aromatic carbocycles. The number of fused-ring (bicyclic) bond motifs is 1. The number of methoxy groups -OCH3 is 1. The molecule has 172 valence electrons. The minimum Gasteiger partial charge on any atom is -0.497 e. The maximum absolute atomic E-state index is 12.9. The number of hydrogen-bond acceptors (Lipinski definition) is 5. The zero-order chi connectivity index (χ0) is 23.4. The molecular weight excluding hydrogens is 438 g/mol. The molecule has 1 aliphatic heterocycles. The molecule has 1 heterocycles. The van der Waals surface area contributed by atoms with Crippen molar-refractivity contribution in [3.05, 3.63) is 89.0 Å². The van der Waals surface area contributed by atoms with Crippen molar-refractivity contribution in [2.45, 2.75) is 36.7 Å². The van der Waals surface area contributed by atoms with E-state index in [1.54, 1.807) is 19.2 Å². The van der Waals surface area contributed by atoms with E-state index in [0.29, 0.717) is 5.69 Å². The van der Waals surface area contributed by atoms with Gasteiger partial charge in [-0.05, 0) is 65.6 Å². The van der Waals surface area contributed by atoms with Gasteiger partial charge in [-0.15, -0.1) is 0 Å². The monoisotopic (exact) mass is 465 g/mol. The van der Waals surface area contributed by atoms with E-state index >= 15 is 0 Å². The van der Waals surface area contributed by atoms with Crippen LogP contribution in [0.4, 0.5) is 10.5 Å². The molecule has 3 aromatic rings. The average Bonchev–Trinajstić information content (AvgIpc) is 3.27. The van der Waals surface area contributed by atoms with E-state index in [0.717, 1.165) is 35.5 Å². The Morgan fingerprint density at radius 1 is 1.00 bits per heavy atom. The molecule has 1 unspecified atom stereocenters. The van der Waals surface area contributed by atoms with E-state index in [1.165, 1.54) is 17.7 Å². The topological polar surface area (TPSA) is 96.5 Å². The molecule has 7 nitrogen and oxygen atoms in total. The molecule has 0 fully saturated rings. The van der Waals surface area contributed by atoms with Gasteiger partial charge in [-0.1, -0.05) is 30.3 Å². The van der Waals surface area contributed by atoms with Gasteiger partial charge in [0.25, 0.3) is 0 Å². The first-order valence-electron chi connectivity index (χ1n) is 10.7. The second-order valence-electron chi connectivity index (χ2n) is 8.08. The number of nitrogens with one attached hydrogen (secondary N) is 3. The number of sulfone groups is 1. The van der Waals surface area contributed by atoms with Crippen LogP contribution < -0.4 is 20.7 Å². The van der Waals surface area contributed by atoms with Gasteiger partial charge in [0.1, 0.15) is 5.75 Å². The zero-order valence-electron chi connectivity index (χ0n) is 18.6. The highest BCUT2D eigenvalue weighted by atomic mass is 32.2. The Balaban J connectivity index is 1.36. The summed E-state index contributed by atoms with van der Waals surface area (Å²) >= 11 is 0. The molecule has 3 N–H and O–H groups in total. The van der Waals surface area contributed by atoms with Crippen LogP contribution >= 0.6 is 0 Å². The lowest BCUT2D eigenvalue weighted by Crippen LogP contribution is -2.31. The molecule has 0 spiro atoms. The molecule has 33 heavy (non-hydrogen) atoms. The van der Waals surface area contributed by atoms with Gasteiger partial charge in [0.2, 0.25) is 0 Å². The molecule has 0 bridgehead atoms. The Bertz CT molecular complexity index is 1240. The smallest absolute Gasteiger partial charge is 0.319 e. The van der Waals surface area contributed by atoms with E-state index in [2.05, 4.69) is 16.0 Å². The van der Waals surface area contributed by atoms with Gasteiger partial charge in [-0.25, -0.2) is 13.2 Å². The Labute approximate surface area is 194 Å².